The molecule has 1 saturated heterocycles. The Morgan fingerprint density at radius 2 is 1.52 bits per heavy atom. The van der Waals surface area contributed by atoms with Gasteiger partial charge in [0.05, 0.1) is 6.54 Å². The number of benzene rings is 2. The molecule has 3 rings (SSSR count). The van der Waals surface area contributed by atoms with E-state index in [2.05, 4.69) is 22.2 Å². The second kappa shape index (κ2) is 9.90. The SMILES string of the molecule is CN1CCN(c2ccc(C(=O)NCCOc3ccc(C(=O)NO)cc3)cc2)CC1. The molecule has 29 heavy (non-hydrogen) atoms. The molecule has 2 aromatic carbocycles. The third kappa shape index (κ3) is 5.69. The zero-order valence-electron chi connectivity index (χ0n) is 16.4. The fraction of sp³-hybridized carbons (Fsp3) is 0.333. The largest absolute Gasteiger partial charge is 0.492 e. The molecule has 0 atom stereocenters. The van der Waals surface area contributed by atoms with Crippen molar-refractivity contribution in [3.05, 3.63) is 59.7 Å². The molecule has 8 nitrogen and oxygen atoms in total. The number of hydrogen-bond acceptors (Lipinski definition) is 6. The van der Waals surface area contributed by atoms with Crippen molar-refractivity contribution in [2.45, 2.75) is 0 Å². The smallest absolute Gasteiger partial charge is 0.274 e. The van der Waals surface area contributed by atoms with Crippen molar-refractivity contribution in [3.8, 4) is 5.75 Å². The maximum absolute atomic E-state index is 12.3. The van der Waals surface area contributed by atoms with Crippen molar-refractivity contribution >= 4 is 17.5 Å². The topological polar surface area (TPSA) is 94.1 Å². The molecule has 1 aliphatic rings. The van der Waals surface area contributed by atoms with E-state index < -0.39 is 5.91 Å². The molecule has 0 bridgehead atoms. The molecule has 0 unspecified atom stereocenters. The maximum Gasteiger partial charge on any atom is 0.274 e. The van der Waals surface area contributed by atoms with Crippen LogP contribution in [0.1, 0.15) is 20.7 Å². The van der Waals surface area contributed by atoms with Crippen LogP contribution in [0.15, 0.2) is 48.5 Å². The van der Waals surface area contributed by atoms with Crippen LogP contribution >= 0.6 is 0 Å². The van der Waals surface area contributed by atoms with E-state index in [-0.39, 0.29) is 5.91 Å². The third-order valence-electron chi connectivity index (χ3n) is 4.87. The molecule has 0 radical (unpaired) electrons. The van der Waals surface area contributed by atoms with Crippen LogP contribution in [0.25, 0.3) is 0 Å². The number of piperazine rings is 1. The maximum atomic E-state index is 12.3. The molecule has 0 saturated carbocycles. The van der Waals surface area contributed by atoms with Gasteiger partial charge < -0.3 is 19.9 Å². The van der Waals surface area contributed by atoms with Gasteiger partial charge in [-0.25, -0.2) is 5.48 Å². The average Bonchev–Trinajstić information content (AvgIpc) is 2.77. The fourth-order valence-corrected chi connectivity index (χ4v) is 3.09. The lowest BCUT2D eigenvalue weighted by molar-refractivity contribution is 0.0706. The van der Waals surface area contributed by atoms with Crippen LogP contribution in [-0.2, 0) is 0 Å². The first kappa shape index (κ1) is 20.6. The van der Waals surface area contributed by atoms with Crippen LogP contribution in [-0.4, -0.2) is 68.3 Å². The second-order valence-corrected chi connectivity index (χ2v) is 6.91. The van der Waals surface area contributed by atoms with E-state index in [0.29, 0.717) is 30.0 Å². The number of carbonyl (C=O) groups is 2. The first-order valence-electron chi connectivity index (χ1n) is 9.56. The molecule has 1 fully saturated rings. The quantitative estimate of drug-likeness (QED) is 0.371. The fourth-order valence-electron chi connectivity index (χ4n) is 3.09. The number of nitrogens with zero attached hydrogens (tertiary/aromatic N) is 2. The van der Waals surface area contributed by atoms with Crippen LogP contribution in [0.5, 0.6) is 5.75 Å². The van der Waals surface area contributed by atoms with Gasteiger partial charge >= 0.3 is 0 Å². The van der Waals surface area contributed by atoms with Crippen LogP contribution in [0, 0.1) is 0 Å². The van der Waals surface area contributed by atoms with E-state index >= 15 is 0 Å². The van der Waals surface area contributed by atoms with Gasteiger partial charge in [0, 0.05) is 43.0 Å². The van der Waals surface area contributed by atoms with Crippen molar-refractivity contribution in [2.75, 3.05) is 51.3 Å². The highest BCUT2D eigenvalue weighted by Crippen LogP contribution is 2.17. The summed E-state index contributed by atoms with van der Waals surface area (Å²) >= 11 is 0. The lowest BCUT2D eigenvalue weighted by Gasteiger charge is -2.34. The Hall–Kier alpha value is -3.10. The zero-order valence-corrected chi connectivity index (χ0v) is 16.4. The van der Waals surface area contributed by atoms with Gasteiger partial charge in [0.2, 0.25) is 0 Å². The van der Waals surface area contributed by atoms with Crippen molar-refractivity contribution in [1.82, 2.24) is 15.7 Å². The molecule has 1 heterocycles. The van der Waals surface area contributed by atoms with E-state index in [1.807, 2.05) is 24.3 Å². The Bertz CT molecular complexity index is 816. The molecular formula is C21H26N4O4. The summed E-state index contributed by atoms with van der Waals surface area (Å²) in [6, 6.07) is 14.0. The minimum absolute atomic E-state index is 0.145. The average molecular weight is 398 g/mol. The summed E-state index contributed by atoms with van der Waals surface area (Å²) in [4.78, 5) is 28.2. The van der Waals surface area contributed by atoms with Crippen molar-refractivity contribution in [3.63, 3.8) is 0 Å². The number of hydrogen-bond donors (Lipinski definition) is 3. The van der Waals surface area contributed by atoms with Crippen LogP contribution in [0.2, 0.25) is 0 Å². The minimum Gasteiger partial charge on any atom is -0.492 e. The standard InChI is InChI=1S/C21H26N4O4/c1-24-11-13-25(14-12-24)18-6-2-16(3-7-18)20(26)22-10-15-29-19-8-4-17(5-9-19)21(27)23-28/h2-9,28H,10-15H2,1H3,(H,22,26)(H,23,27). The summed E-state index contributed by atoms with van der Waals surface area (Å²) in [5.41, 5.74) is 3.65. The van der Waals surface area contributed by atoms with E-state index in [1.165, 1.54) is 0 Å². The summed E-state index contributed by atoms with van der Waals surface area (Å²) in [5.74, 6) is -0.152. The summed E-state index contributed by atoms with van der Waals surface area (Å²) in [7, 11) is 2.12. The van der Waals surface area contributed by atoms with E-state index in [4.69, 9.17) is 9.94 Å². The van der Waals surface area contributed by atoms with Gasteiger partial charge in [0.25, 0.3) is 11.8 Å². The number of carbonyl (C=O) groups excluding carboxylic acids is 2. The third-order valence-corrected chi connectivity index (χ3v) is 4.87. The molecule has 154 valence electrons. The van der Waals surface area contributed by atoms with Crippen molar-refractivity contribution < 1.29 is 19.5 Å². The number of nitrogens with one attached hydrogen (secondary N) is 2. The lowest BCUT2D eigenvalue weighted by atomic mass is 10.1. The Kier molecular flexibility index (Phi) is 7.04. The highest BCUT2D eigenvalue weighted by molar-refractivity contribution is 5.94. The first-order chi connectivity index (χ1) is 14.1. The summed E-state index contributed by atoms with van der Waals surface area (Å²) in [5, 5.41) is 11.4. The number of likely N-dealkylation sites (N-methyl/N-ethyl adjacent to an activating group) is 1. The van der Waals surface area contributed by atoms with Crippen molar-refractivity contribution in [2.24, 2.45) is 0 Å². The second-order valence-electron chi connectivity index (χ2n) is 6.91. The molecular weight excluding hydrogens is 372 g/mol. The van der Waals surface area contributed by atoms with Gasteiger partial charge in [0.15, 0.2) is 0 Å². The van der Waals surface area contributed by atoms with Gasteiger partial charge in [0.1, 0.15) is 12.4 Å². The Labute approximate surface area is 170 Å². The molecule has 2 aromatic rings. The van der Waals surface area contributed by atoms with Gasteiger partial charge in [-0.1, -0.05) is 0 Å². The normalized spacial score (nSPS) is 14.3. The van der Waals surface area contributed by atoms with Crippen molar-refractivity contribution in [1.29, 1.82) is 0 Å². The molecule has 1 aliphatic heterocycles. The summed E-state index contributed by atoms with van der Waals surface area (Å²) in [6.45, 7) is 4.73. The Balaban J connectivity index is 1.42. The van der Waals surface area contributed by atoms with Crippen LogP contribution < -0.4 is 20.4 Å². The van der Waals surface area contributed by atoms with Crippen LogP contribution in [0.3, 0.4) is 0 Å². The van der Waals surface area contributed by atoms with E-state index in [9.17, 15) is 9.59 Å². The number of hydroxylamine groups is 1. The van der Waals surface area contributed by atoms with Gasteiger partial charge in [-0.15, -0.1) is 0 Å². The monoisotopic (exact) mass is 398 g/mol. The van der Waals surface area contributed by atoms with Crippen LogP contribution in [0.4, 0.5) is 5.69 Å². The summed E-state index contributed by atoms with van der Waals surface area (Å²) < 4.78 is 5.55. The number of ether oxygens (including phenoxy) is 1. The molecule has 0 aromatic heterocycles. The van der Waals surface area contributed by atoms with E-state index in [0.717, 1.165) is 31.9 Å². The number of amides is 2. The molecule has 3 N–H and O–H groups in total. The zero-order chi connectivity index (χ0) is 20.6. The highest BCUT2D eigenvalue weighted by Gasteiger charge is 2.14. The lowest BCUT2D eigenvalue weighted by Crippen LogP contribution is -2.44. The van der Waals surface area contributed by atoms with Gasteiger partial charge in [-0.3, -0.25) is 14.8 Å². The minimum atomic E-state index is -0.581. The van der Waals surface area contributed by atoms with Gasteiger partial charge in [-0.2, -0.15) is 0 Å². The predicted octanol–water partition coefficient (Wildman–Crippen LogP) is 1.37. The molecule has 0 spiro atoms. The molecule has 8 heteroatoms. The Morgan fingerprint density at radius 3 is 2.14 bits per heavy atom. The highest BCUT2D eigenvalue weighted by atomic mass is 16.5. The molecule has 2 amide bonds. The van der Waals surface area contributed by atoms with Gasteiger partial charge in [-0.05, 0) is 55.6 Å². The molecule has 0 aliphatic carbocycles. The predicted molar refractivity (Wildman–Crippen MR) is 110 cm³/mol. The first-order valence-corrected chi connectivity index (χ1v) is 9.56. The summed E-state index contributed by atoms with van der Waals surface area (Å²) in [6.07, 6.45) is 0. The number of rotatable bonds is 7. The van der Waals surface area contributed by atoms with E-state index in [1.54, 1.807) is 29.7 Å². The number of anilines is 1. The Morgan fingerprint density at radius 1 is 0.931 bits per heavy atom.